The third-order valence-electron chi connectivity index (χ3n) is 5.00. The number of hydrogen-bond donors (Lipinski definition) is 6. The van der Waals surface area contributed by atoms with Crippen molar-refractivity contribution < 1.29 is 30.3 Å². The van der Waals surface area contributed by atoms with Crippen molar-refractivity contribution in [3.63, 3.8) is 0 Å². The number of unbranched alkanes of at least 4 members (excludes halogenated alkanes) is 11. The lowest BCUT2D eigenvalue weighted by molar-refractivity contribution is -0.129. The minimum absolute atomic E-state index is 0.244. The van der Waals surface area contributed by atoms with Crippen LogP contribution >= 0.6 is 0 Å². The first-order chi connectivity index (χ1) is 13.0. The summed E-state index contributed by atoms with van der Waals surface area (Å²) in [4.78, 5) is 11.9. The highest BCUT2D eigenvalue weighted by Crippen LogP contribution is 2.13. The molecule has 0 aromatic heterocycles. The van der Waals surface area contributed by atoms with Gasteiger partial charge >= 0.3 is 0 Å². The van der Waals surface area contributed by atoms with Crippen LogP contribution in [-0.4, -0.2) is 68.9 Å². The molecule has 4 atom stereocenters. The van der Waals surface area contributed by atoms with E-state index in [1.165, 1.54) is 38.5 Å². The summed E-state index contributed by atoms with van der Waals surface area (Å²) in [5.41, 5.74) is 5.64. The number of ketones is 1. The number of aliphatic hydroxyl groups excluding tert-OH is 5. The van der Waals surface area contributed by atoms with Crippen molar-refractivity contribution in [1.29, 1.82) is 0 Å². The highest BCUT2D eigenvalue weighted by molar-refractivity contribution is 5.84. The standard InChI is InChI=1S/C20H41NO6/c21-18(20(27)19(26)17(25)15-23)16(24)13-11-9-7-5-3-1-2-4-6-8-10-12-14-22/h17-20,22-23,25-27H,1-15,21H2/t17-,18+,19-,20-/m1/s1. The molecule has 0 aromatic rings. The van der Waals surface area contributed by atoms with Crippen molar-refractivity contribution in [2.75, 3.05) is 13.2 Å². The van der Waals surface area contributed by atoms with Crippen LogP contribution in [0.15, 0.2) is 0 Å². The van der Waals surface area contributed by atoms with E-state index in [9.17, 15) is 20.1 Å². The average molecular weight is 392 g/mol. The van der Waals surface area contributed by atoms with Gasteiger partial charge < -0.3 is 31.3 Å². The van der Waals surface area contributed by atoms with Gasteiger partial charge in [0.05, 0.1) is 12.6 Å². The van der Waals surface area contributed by atoms with E-state index in [0.29, 0.717) is 13.0 Å². The molecule has 0 heterocycles. The van der Waals surface area contributed by atoms with Crippen LogP contribution in [0.2, 0.25) is 0 Å². The minimum atomic E-state index is -1.64. The fourth-order valence-corrected chi connectivity index (χ4v) is 3.08. The lowest BCUT2D eigenvalue weighted by atomic mass is 9.95. The third kappa shape index (κ3) is 13.3. The fraction of sp³-hybridized carbons (Fsp3) is 0.950. The van der Waals surface area contributed by atoms with Gasteiger partial charge in [-0.15, -0.1) is 0 Å². The lowest BCUT2D eigenvalue weighted by Gasteiger charge is -2.25. The van der Waals surface area contributed by atoms with Gasteiger partial charge in [0.25, 0.3) is 0 Å². The Kier molecular flexibility index (Phi) is 17.2. The molecule has 0 unspecified atom stereocenters. The highest BCUT2D eigenvalue weighted by Gasteiger charge is 2.32. The van der Waals surface area contributed by atoms with E-state index in [-0.39, 0.29) is 12.2 Å². The Bertz CT molecular complexity index is 355. The Morgan fingerprint density at radius 1 is 0.667 bits per heavy atom. The van der Waals surface area contributed by atoms with Gasteiger partial charge in [-0.3, -0.25) is 4.79 Å². The zero-order chi connectivity index (χ0) is 20.5. The molecular formula is C20H41NO6. The van der Waals surface area contributed by atoms with Gasteiger partial charge in [0.15, 0.2) is 5.78 Å². The second-order valence-electron chi connectivity index (χ2n) is 7.44. The zero-order valence-electron chi connectivity index (χ0n) is 16.6. The second-order valence-corrected chi connectivity index (χ2v) is 7.44. The number of carbonyl (C=O) groups is 1. The molecule has 0 saturated carbocycles. The summed E-state index contributed by atoms with van der Waals surface area (Å²) in [7, 11) is 0. The van der Waals surface area contributed by atoms with Crippen LogP contribution < -0.4 is 5.73 Å². The maximum atomic E-state index is 11.9. The largest absolute Gasteiger partial charge is 0.396 e. The molecule has 0 aliphatic rings. The maximum absolute atomic E-state index is 11.9. The zero-order valence-corrected chi connectivity index (χ0v) is 16.6. The molecule has 0 aromatic carbocycles. The molecule has 0 aliphatic carbocycles. The summed E-state index contributed by atoms with van der Waals surface area (Å²) < 4.78 is 0. The average Bonchev–Trinajstić information content (AvgIpc) is 2.68. The summed E-state index contributed by atoms with van der Waals surface area (Å²) in [5.74, 6) is -0.340. The molecule has 0 bridgehead atoms. The second kappa shape index (κ2) is 17.5. The molecule has 0 amide bonds. The summed E-state index contributed by atoms with van der Waals surface area (Å²) in [6, 6.07) is -1.25. The Balaban J connectivity index is 3.57. The molecule has 162 valence electrons. The van der Waals surface area contributed by atoms with Crippen molar-refractivity contribution in [2.45, 2.75) is 108 Å². The Morgan fingerprint density at radius 3 is 1.48 bits per heavy atom. The predicted molar refractivity (Wildman–Crippen MR) is 105 cm³/mol. The van der Waals surface area contributed by atoms with Gasteiger partial charge in [0.2, 0.25) is 0 Å². The SMILES string of the molecule is N[C@@H](C(=O)CCCCCCCCCCCCCCO)[C@@H](O)[C@H](O)[C@H](O)CO. The number of rotatable bonds is 19. The van der Waals surface area contributed by atoms with Crippen molar-refractivity contribution in [3.8, 4) is 0 Å². The van der Waals surface area contributed by atoms with E-state index >= 15 is 0 Å². The summed E-state index contributed by atoms with van der Waals surface area (Å²) in [6.07, 6.45) is 8.80. The summed E-state index contributed by atoms with van der Waals surface area (Å²) >= 11 is 0. The summed E-state index contributed by atoms with van der Waals surface area (Å²) in [5, 5.41) is 46.1. The van der Waals surface area contributed by atoms with Crippen LogP contribution in [-0.2, 0) is 4.79 Å². The molecule has 7 nitrogen and oxygen atoms in total. The number of aliphatic hydroxyl groups is 5. The Morgan fingerprint density at radius 2 is 1.07 bits per heavy atom. The monoisotopic (exact) mass is 391 g/mol. The fourth-order valence-electron chi connectivity index (χ4n) is 3.08. The molecule has 0 radical (unpaired) electrons. The third-order valence-corrected chi connectivity index (χ3v) is 5.00. The van der Waals surface area contributed by atoms with Crippen molar-refractivity contribution >= 4 is 5.78 Å². The van der Waals surface area contributed by atoms with Gasteiger partial charge in [-0.1, -0.05) is 64.2 Å². The highest BCUT2D eigenvalue weighted by atomic mass is 16.4. The molecule has 0 spiro atoms. The van der Waals surface area contributed by atoms with Crippen LogP contribution in [0.1, 0.15) is 83.5 Å². The smallest absolute Gasteiger partial charge is 0.152 e. The van der Waals surface area contributed by atoms with Gasteiger partial charge in [-0.25, -0.2) is 0 Å². The van der Waals surface area contributed by atoms with E-state index in [2.05, 4.69) is 0 Å². The van der Waals surface area contributed by atoms with Crippen molar-refractivity contribution in [1.82, 2.24) is 0 Å². The number of carbonyl (C=O) groups excluding carboxylic acids is 1. The van der Waals surface area contributed by atoms with Gasteiger partial charge in [0.1, 0.15) is 18.3 Å². The topological polar surface area (TPSA) is 144 Å². The maximum Gasteiger partial charge on any atom is 0.152 e. The molecule has 0 saturated heterocycles. The number of hydrogen-bond acceptors (Lipinski definition) is 7. The van der Waals surface area contributed by atoms with E-state index < -0.39 is 31.0 Å². The Hall–Kier alpha value is -0.570. The summed E-state index contributed by atoms with van der Waals surface area (Å²) in [6.45, 7) is -0.407. The Labute approximate surface area is 163 Å². The quantitative estimate of drug-likeness (QED) is 0.180. The molecule has 7 heteroatoms. The van der Waals surface area contributed by atoms with Gasteiger partial charge in [0, 0.05) is 13.0 Å². The van der Waals surface area contributed by atoms with Crippen molar-refractivity contribution in [2.24, 2.45) is 5.73 Å². The molecule has 0 rings (SSSR count). The van der Waals surface area contributed by atoms with Crippen LogP contribution in [0.5, 0.6) is 0 Å². The van der Waals surface area contributed by atoms with Crippen LogP contribution in [0.4, 0.5) is 0 Å². The van der Waals surface area contributed by atoms with E-state index in [0.717, 1.165) is 32.1 Å². The first-order valence-corrected chi connectivity index (χ1v) is 10.5. The lowest BCUT2D eigenvalue weighted by Crippen LogP contribution is -2.52. The molecule has 0 fully saturated rings. The number of Topliss-reactive ketones (excluding diaryl/α,β-unsaturated/α-hetero) is 1. The molecular weight excluding hydrogens is 350 g/mol. The number of nitrogens with two attached hydrogens (primary N) is 1. The van der Waals surface area contributed by atoms with E-state index in [1.807, 2.05) is 0 Å². The van der Waals surface area contributed by atoms with E-state index in [4.69, 9.17) is 15.9 Å². The van der Waals surface area contributed by atoms with E-state index in [1.54, 1.807) is 0 Å². The molecule has 27 heavy (non-hydrogen) atoms. The molecule has 0 aliphatic heterocycles. The predicted octanol–water partition coefficient (Wildman–Crippen LogP) is 1.02. The normalized spacial score (nSPS) is 16.1. The van der Waals surface area contributed by atoms with Crippen LogP contribution in [0.25, 0.3) is 0 Å². The minimum Gasteiger partial charge on any atom is -0.396 e. The first kappa shape index (κ1) is 26.4. The van der Waals surface area contributed by atoms with Gasteiger partial charge in [-0.05, 0) is 12.8 Å². The van der Waals surface area contributed by atoms with Crippen LogP contribution in [0, 0.1) is 0 Å². The molecule has 7 N–H and O–H groups in total. The van der Waals surface area contributed by atoms with Gasteiger partial charge in [-0.2, -0.15) is 0 Å². The van der Waals surface area contributed by atoms with Crippen LogP contribution in [0.3, 0.4) is 0 Å². The van der Waals surface area contributed by atoms with Crippen molar-refractivity contribution in [3.05, 3.63) is 0 Å². The first-order valence-electron chi connectivity index (χ1n) is 10.5.